The van der Waals surface area contributed by atoms with E-state index in [0.29, 0.717) is 0 Å². The van der Waals surface area contributed by atoms with Gasteiger partial charge in [0.15, 0.2) is 0 Å². The highest BCUT2D eigenvalue weighted by molar-refractivity contribution is 5.52. The third-order valence-electron chi connectivity index (χ3n) is 3.93. The van der Waals surface area contributed by atoms with Crippen molar-refractivity contribution in [2.24, 2.45) is 0 Å². The van der Waals surface area contributed by atoms with E-state index in [9.17, 15) is 0 Å². The van der Waals surface area contributed by atoms with Crippen LogP contribution in [0.5, 0.6) is 11.5 Å². The minimum atomic E-state index is -0.134. The molecule has 128 valence electrons. The number of hydrogen-bond acceptors (Lipinski definition) is 4. The van der Waals surface area contributed by atoms with Gasteiger partial charge in [-0.3, -0.25) is 4.98 Å². The number of rotatable bonds is 6. The first-order valence-electron chi connectivity index (χ1n) is 8.37. The number of nitrogens with one attached hydrogen (secondary N) is 2. The van der Waals surface area contributed by atoms with Crippen LogP contribution in [0.25, 0.3) is 0 Å². The molecule has 0 saturated heterocycles. The third kappa shape index (κ3) is 3.72. The van der Waals surface area contributed by atoms with Crippen molar-refractivity contribution in [1.82, 2.24) is 15.0 Å². The molecule has 0 aliphatic carbocycles. The molecule has 2 aromatic carbocycles. The number of hydrogen-bond donors (Lipinski definition) is 2. The molecule has 26 heavy (non-hydrogen) atoms. The number of benzene rings is 2. The van der Waals surface area contributed by atoms with E-state index in [-0.39, 0.29) is 6.04 Å². The molecule has 2 N–H and O–H groups in total. The van der Waals surface area contributed by atoms with E-state index in [1.165, 1.54) is 0 Å². The highest BCUT2D eigenvalue weighted by Crippen LogP contribution is 2.28. The standard InChI is InChI=1S/C21H18N4O/c1-2-8-18(9-3-1)26-19-10-4-7-17(14-19)25-20(21-23-12-13-24-21)16-6-5-11-22-15-16/h1-15,20,25H,(H,23,24). The average molecular weight is 342 g/mol. The summed E-state index contributed by atoms with van der Waals surface area (Å²) in [5.74, 6) is 2.40. The van der Waals surface area contributed by atoms with E-state index in [0.717, 1.165) is 28.6 Å². The fraction of sp³-hybridized carbons (Fsp3) is 0.0476. The van der Waals surface area contributed by atoms with Crippen LogP contribution in [0.3, 0.4) is 0 Å². The Morgan fingerprint density at radius 1 is 0.885 bits per heavy atom. The number of aromatic amines is 1. The molecular formula is C21H18N4O. The number of pyridine rings is 1. The van der Waals surface area contributed by atoms with E-state index in [1.54, 1.807) is 12.4 Å². The Kier molecular flexibility index (Phi) is 4.60. The maximum Gasteiger partial charge on any atom is 0.133 e. The third-order valence-corrected chi connectivity index (χ3v) is 3.93. The van der Waals surface area contributed by atoms with Gasteiger partial charge in [-0.05, 0) is 30.3 Å². The van der Waals surface area contributed by atoms with Crippen molar-refractivity contribution in [2.45, 2.75) is 6.04 Å². The molecule has 0 aliphatic heterocycles. The highest BCUT2D eigenvalue weighted by Gasteiger charge is 2.16. The van der Waals surface area contributed by atoms with Gasteiger partial charge in [-0.2, -0.15) is 0 Å². The second-order valence-corrected chi connectivity index (χ2v) is 5.78. The summed E-state index contributed by atoms with van der Waals surface area (Å²) in [7, 11) is 0. The van der Waals surface area contributed by atoms with Crippen molar-refractivity contribution in [3.8, 4) is 11.5 Å². The molecule has 4 aromatic rings. The zero-order valence-electron chi connectivity index (χ0n) is 14.0. The second-order valence-electron chi connectivity index (χ2n) is 5.78. The van der Waals surface area contributed by atoms with E-state index in [2.05, 4.69) is 20.3 Å². The monoisotopic (exact) mass is 342 g/mol. The van der Waals surface area contributed by atoms with Gasteiger partial charge in [-0.1, -0.05) is 30.3 Å². The summed E-state index contributed by atoms with van der Waals surface area (Å²) in [6, 6.07) is 21.4. The predicted octanol–water partition coefficient (Wildman–Crippen LogP) is 4.80. The summed E-state index contributed by atoms with van der Waals surface area (Å²) in [6.45, 7) is 0. The van der Waals surface area contributed by atoms with Gasteiger partial charge in [0.1, 0.15) is 23.4 Å². The van der Waals surface area contributed by atoms with Crippen LogP contribution in [0.4, 0.5) is 5.69 Å². The molecule has 0 amide bonds. The SMILES string of the molecule is c1ccc(Oc2cccc(NC(c3cccnc3)c3ncc[nH]3)c2)cc1. The number of ether oxygens (including phenoxy) is 1. The fourth-order valence-electron chi connectivity index (χ4n) is 2.73. The molecule has 0 spiro atoms. The van der Waals surface area contributed by atoms with Gasteiger partial charge >= 0.3 is 0 Å². The summed E-state index contributed by atoms with van der Waals surface area (Å²) < 4.78 is 5.92. The molecule has 5 heteroatoms. The first kappa shape index (κ1) is 15.9. The number of H-pyrrole nitrogens is 1. The largest absolute Gasteiger partial charge is 0.457 e. The van der Waals surface area contributed by atoms with Crippen molar-refractivity contribution < 1.29 is 4.74 Å². The first-order chi connectivity index (χ1) is 12.9. The maximum absolute atomic E-state index is 5.92. The Morgan fingerprint density at radius 3 is 2.54 bits per heavy atom. The first-order valence-corrected chi connectivity index (χ1v) is 8.37. The normalized spacial score (nSPS) is 11.7. The van der Waals surface area contributed by atoms with Crippen LogP contribution >= 0.6 is 0 Å². The number of aromatic nitrogens is 3. The van der Waals surface area contributed by atoms with Gasteiger partial charge in [0.05, 0.1) is 0 Å². The van der Waals surface area contributed by atoms with Crippen LogP contribution in [0.2, 0.25) is 0 Å². The van der Waals surface area contributed by atoms with Crippen LogP contribution < -0.4 is 10.1 Å². The Labute approximate surface area is 151 Å². The lowest BCUT2D eigenvalue weighted by molar-refractivity contribution is 0.483. The molecule has 0 bridgehead atoms. The summed E-state index contributed by atoms with van der Waals surface area (Å²) in [5.41, 5.74) is 1.96. The topological polar surface area (TPSA) is 62.8 Å². The van der Waals surface area contributed by atoms with Crippen LogP contribution in [0, 0.1) is 0 Å². The number of imidazole rings is 1. The van der Waals surface area contributed by atoms with Crippen LogP contribution in [-0.4, -0.2) is 15.0 Å². The lowest BCUT2D eigenvalue weighted by Crippen LogP contribution is -2.14. The number of anilines is 1. The minimum Gasteiger partial charge on any atom is -0.457 e. The molecule has 2 aromatic heterocycles. The second kappa shape index (κ2) is 7.53. The Bertz CT molecular complexity index is 940. The van der Waals surface area contributed by atoms with Crippen LogP contribution in [-0.2, 0) is 0 Å². The molecule has 4 rings (SSSR count). The Balaban J connectivity index is 1.59. The quantitative estimate of drug-likeness (QED) is 0.528. The van der Waals surface area contributed by atoms with Crippen LogP contribution in [0.1, 0.15) is 17.4 Å². The van der Waals surface area contributed by atoms with Gasteiger partial charge in [0.25, 0.3) is 0 Å². The predicted molar refractivity (Wildman–Crippen MR) is 101 cm³/mol. The Morgan fingerprint density at radius 2 is 1.77 bits per heavy atom. The van der Waals surface area contributed by atoms with Gasteiger partial charge in [-0.25, -0.2) is 4.98 Å². The van der Waals surface area contributed by atoms with Gasteiger partial charge in [-0.15, -0.1) is 0 Å². The molecule has 5 nitrogen and oxygen atoms in total. The summed E-state index contributed by atoms with van der Waals surface area (Å²) >= 11 is 0. The molecule has 0 aliphatic rings. The number of para-hydroxylation sites is 1. The lowest BCUT2D eigenvalue weighted by Gasteiger charge is -2.18. The molecule has 1 atom stereocenters. The minimum absolute atomic E-state index is 0.134. The summed E-state index contributed by atoms with van der Waals surface area (Å²) in [4.78, 5) is 11.8. The van der Waals surface area contributed by atoms with E-state index in [1.807, 2.05) is 79.1 Å². The molecular weight excluding hydrogens is 324 g/mol. The zero-order chi connectivity index (χ0) is 17.6. The van der Waals surface area contributed by atoms with Crippen molar-refractivity contribution in [3.05, 3.63) is 103 Å². The molecule has 0 saturated carbocycles. The lowest BCUT2D eigenvalue weighted by atomic mass is 10.1. The van der Waals surface area contributed by atoms with Gasteiger partial charge < -0.3 is 15.0 Å². The fourth-order valence-corrected chi connectivity index (χ4v) is 2.73. The smallest absolute Gasteiger partial charge is 0.133 e. The van der Waals surface area contributed by atoms with Gasteiger partial charge in [0, 0.05) is 42.1 Å². The molecule has 0 fully saturated rings. The highest BCUT2D eigenvalue weighted by atomic mass is 16.5. The van der Waals surface area contributed by atoms with E-state index in [4.69, 9.17) is 4.74 Å². The average Bonchev–Trinajstić information content (AvgIpc) is 3.22. The van der Waals surface area contributed by atoms with E-state index < -0.39 is 0 Å². The molecule has 2 heterocycles. The van der Waals surface area contributed by atoms with Crippen molar-refractivity contribution in [3.63, 3.8) is 0 Å². The summed E-state index contributed by atoms with van der Waals surface area (Å²) in [6.07, 6.45) is 7.16. The van der Waals surface area contributed by atoms with Crippen LogP contribution in [0.15, 0.2) is 91.5 Å². The van der Waals surface area contributed by atoms with Crippen molar-refractivity contribution >= 4 is 5.69 Å². The maximum atomic E-state index is 5.92. The summed E-state index contributed by atoms with van der Waals surface area (Å²) in [5, 5.41) is 3.51. The molecule has 0 radical (unpaired) electrons. The van der Waals surface area contributed by atoms with Crippen molar-refractivity contribution in [1.29, 1.82) is 0 Å². The van der Waals surface area contributed by atoms with Gasteiger partial charge in [0.2, 0.25) is 0 Å². The van der Waals surface area contributed by atoms with Crippen molar-refractivity contribution in [2.75, 3.05) is 5.32 Å². The zero-order valence-corrected chi connectivity index (χ0v) is 14.0. The number of nitrogens with zero attached hydrogens (tertiary/aromatic N) is 2. The van der Waals surface area contributed by atoms with E-state index >= 15 is 0 Å². The molecule has 1 unspecified atom stereocenters. The Hall–Kier alpha value is -3.60.